The Hall–Kier alpha value is -1.75. The quantitative estimate of drug-likeness (QED) is 0.910. The molecule has 1 aromatic heterocycles. The highest BCUT2D eigenvalue weighted by atomic mass is 16.5. The summed E-state index contributed by atoms with van der Waals surface area (Å²) in [7, 11) is 0. The van der Waals surface area contributed by atoms with Gasteiger partial charge in [-0.05, 0) is 55.6 Å². The highest BCUT2D eigenvalue weighted by Gasteiger charge is 2.45. The van der Waals surface area contributed by atoms with Crippen LogP contribution in [0.1, 0.15) is 42.2 Å². The Balaban J connectivity index is 1.47. The van der Waals surface area contributed by atoms with Gasteiger partial charge in [0.1, 0.15) is 0 Å². The van der Waals surface area contributed by atoms with Crippen LogP contribution >= 0.6 is 0 Å². The first-order valence-electron chi connectivity index (χ1n) is 9.25. The summed E-state index contributed by atoms with van der Waals surface area (Å²) in [6.45, 7) is 3.63. The maximum Gasteiger partial charge on any atom is 0.0837 e. The Morgan fingerprint density at radius 3 is 2.68 bits per heavy atom. The number of likely N-dealkylation sites (tertiary alicyclic amines) is 1. The van der Waals surface area contributed by atoms with Crippen LogP contribution in [0.15, 0.2) is 48.7 Å². The van der Waals surface area contributed by atoms with Gasteiger partial charge in [0.2, 0.25) is 0 Å². The van der Waals surface area contributed by atoms with Crippen LogP contribution in [0.5, 0.6) is 0 Å². The standard InChI is InChI=1S/C21H26N2O2/c24-13-14-25-20-15-21(19-7-2-1-6-18(19)20)8-11-23(12-9-21)16-17-5-3-4-10-22-17/h1-7,10,20,24H,8-9,11-16H2/t20-/m1/s1. The number of pyridine rings is 1. The molecule has 1 aliphatic carbocycles. The number of aromatic nitrogens is 1. The number of fused-ring (bicyclic) bond motifs is 2. The van der Waals surface area contributed by atoms with E-state index in [1.54, 1.807) is 0 Å². The van der Waals surface area contributed by atoms with Crippen molar-refractivity contribution in [3.8, 4) is 0 Å². The van der Waals surface area contributed by atoms with Crippen LogP contribution in [0.4, 0.5) is 0 Å². The van der Waals surface area contributed by atoms with Crippen molar-refractivity contribution < 1.29 is 9.84 Å². The van der Waals surface area contributed by atoms with Crippen LogP contribution in [-0.4, -0.2) is 41.3 Å². The Kier molecular flexibility index (Phi) is 4.84. The van der Waals surface area contributed by atoms with Gasteiger partial charge in [0.05, 0.1) is 25.0 Å². The molecule has 2 heterocycles. The molecule has 1 spiro atoms. The zero-order valence-electron chi connectivity index (χ0n) is 14.6. The first kappa shape index (κ1) is 16.7. The molecule has 1 atom stereocenters. The molecular weight excluding hydrogens is 312 g/mol. The van der Waals surface area contributed by atoms with Gasteiger partial charge < -0.3 is 9.84 Å². The Morgan fingerprint density at radius 2 is 1.92 bits per heavy atom. The second kappa shape index (κ2) is 7.24. The maximum absolute atomic E-state index is 9.11. The van der Waals surface area contributed by atoms with Gasteiger partial charge in [-0.15, -0.1) is 0 Å². The number of aliphatic hydroxyl groups excluding tert-OH is 1. The molecule has 1 saturated heterocycles. The van der Waals surface area contributed by atoms with E-state index >= 15 is 0 Å². The normalized spacial score (nSPS) is 22.2. The minimum Gasteiger partial charge on any atom is -0.394 e. The largest absolute Gasteiger partial charge is 0.394 e. The van der Waals surface area contributed by atoms with E-state index in [-0.39, 0.29) is 18.1 Å². The summed E-state index contributed by atoms with van der Waals surface area (Å²) >= 11 is 0. The number of rotatable bonds is 5. The summed E-state index contributed by atoms with van der Waals surface area (Å²) in [5.74, 6) is 0. The molecule has 4 heteroatoms. The molecule has 0 amide bonds. The highest BCUT2D eigenvalue weighted by molar-refractivity contribution is 5.42. The lowest BCUT2D eigenvalue weighted by molar-refractivity contribution is 0.0127. The Bertz CT molecular complexity index is 696. The third-order valence-electron chi connectivity index (χ3n) is 5.79. The monoisotopic (exact) mass is 338 g/mol. The molecule has 4 rings (SSSR count). The fourth-order valence-electron chi connectivity index (χ4n) is 4.51. The summed E-state index contributed by atoms with van der Waals surface area (Å²) in [5.41, 5.74) is 4.18. The molecule has 25 heavy (non-hydrogen) atoms. The summed E-state index contributed by atoms with van der Waals surface area (Å²) in [4.78, 5) is 6.97. The zero-order chi connectivity index (χ0) is 17.1. The average Bonchev–Trinajstić information content (AvgIpc) is 2.97. The number of nitrogens with zero attached hydrogens (tertiary/aromatic N) is 2. The SMILES string of the molecule is OCCO[C@@H]1CC2(CCN(Cc3ccccn3)CC2)c2ccccc21. The molecule has 0 bridgehead atoms. The summed E-state index contributed by atoms with van der Waals surface area (Å²) < 4.78 is 5.96. The molecule has 0 radical (unpaired) electrons. The van der Waals surface area contributed by atoms with Crippen LogP contribution in [0.25, 0.3) is 0 Å². The predicted molar refractivity (Wildman–Crippen MR) is 97.3 cm³/mol. The molecule has 1 aliphatic heterocycles. The van der Waals surface area contributed by atoms with E-state index in [1.807, 2.05) is 12.3 Å². The van der Waals surface area contributed by atoms with Crippen molar-refractivity contribution in [3.05, 3.63) is 65.5 Å². The smallest absolute Gasteiger partial charge is 0.0837 e. The van der Waals surface area contributed by atoms with Gasteiger partial charge in [0, 0.05) is 18.2 Å². The third kappa shape index (κ3) is 3.34. The second-order valence-electron chi connectivity index (χ2n) is 7.25. The molecule has 0 unspecified atom stereocenters. The van der Waals surface area contributed by atoms with Crippen molar-refractivity contribution in [2.75, 3.05) is 26.3 Å². The number of benzene rings is 1. The van der Waals surface area contributed by atoms with E-state index in [4.69, 9.17) is 9.84 Å². The molecule has 2 aliphatic rings. The molecule has 132 valence electrons. The van der Waals surface area contributed by atoms with Gasteiger partial charge in [0.25, 0.3) is 0 Å². The fourth-order valence-corrected chi connectivity index (χ4v) is 4.51. The van der Waals surface area contributed by atoms with Gasteiger partial charge in [-0.25, -0.2) is 0 Å². The molecule has 1 aromatic carbocycles. The number of hydrogen-bond acceptors (Lipinski definition) is 4. The second-order valence-corrected chi connectivity index (χ2v) is 7.25. The Morgan fingerprint density at radius 1 is 1.12 bits per heavy atom. The van der Waals surface area contributed by atoms with Gasteiger partial charge in [-0.2, -0.15) is 0 Å². The van der Waals surface area contributed by atoms with Crippen molar-refractivity contribution in [3.63, 3.8) is 0 Å². The number of aliphatic hydroxyl groups is 1. The first-order valence-corrected chi connectivity index (χ1v) is 9.25. The minimum atomic E-state index is 0.0868. The first-order chi connectivity index (χ1) is 12.3. The van der Waals surface area contributed by atoms with Crippen molar-refractivity contribution in [2.24, 2.45) is 0 Å². The fraction of sp³-hybridized carbons (Fsp3) is 0.476. The molecule has 4 nitrogen and oxygen atoms in total. The average molecular weight is 338 g/mol. The van der Waals surface area contributed by atoms with E-state index in [9.17, 15) is 0 Å². The van der Waals surface area contributed by atoms with Gasteiger partial charge >= 0.3 is 0 Å². The maximum atomic E-state index is 9.11. The van der Waals surface area contributed by atoms with Crippen LogP contribution in [0.3, 0.4) is 0 Å². The van der Waals surface area contributed by atoms with Crippen LogP contribution in [-0.2, 0) is 16.7 Å². The number of ether oxygens (including phenoxy) is 1. The molecule has 1 fully saturated rings. The van der Waals surface area contributed by atoms with Crippen LogP contribution < -0.4 is 0 Å². The zero-order valence-corrected chi connectivity index (χ0v) is 14.6. The number of piperidine rings is 1. The van der Waals surface area contributed by atoms with Crippen molar-refractivity contribution in [1.82, 2.24) is 9.88 Å². The van der Waals surface area contributed by atoms with Crippen molar-refractivity contribution >= 4 is 0 Å². The van der Waals surface area contributed by atoms with Gasteiger partial charge in [-0.3, -0.25) is 9.88 Å². The summed E-state index contributed by atoms with van der Waals surface area (Å²) in [6.07, 6.45) is 5.37. The third-order valence-corrected chi connectivity index (χ3v) is 5.79. The topological polar surface area (TPSA) is 45.6 Å². The molecule has 0 saturated carbocycles. The Labute approximate surface area is 149 Å². The minimum absolute atomic E-state index is 0.0868. The van der Waals surface area contributed by atoms with E-state index in [2.05, 4.69) is 46.3 Å². The van der Waals surface area contributed by atoms with Crippen molar-refractivity contribution in [2.45, 2.75) is 37.3 Å². The highest BCUT2D eigenvalue weighted by Crippen LogP contribution is 2.51. The number of hydrogen-bond donors (Lipinski definition) is 1. The summed E-state index contributed by atoms with van der Waals surface area (Å²) in [6, 6.07) is 14.9. The molecule has 1 N–H and O–H groups in total. The van der Waals surface area contributed by atoms with Crippen LogP contribution in [0.2, 0.25) is 0 Å². The van der Waals surface area contributed by atoms with Crippen molar-refractivity contribution in [1.29, 1.82) is 0 Å². The van der Waals surface area contributed by atoms with E-state index in [0.717, 1.165) is 44.6 Å². The van der Waals surface area contributed by atoms with E-state index in [1.165, 1.54) is 11.1 Å². The summed E-state index contributed by atoms with van der Waals surface area (Å²) in [5, 5.41) is 9.11. The lowest BCUT2D eigenvalue weighted by Gasteiger charge is -2.40. The van der Waals surface area contributed by atoms with E-state index < -0.39 is 0 Å². The van der Waals surface area contributed by atoms with Crippen LogP contribution in [0, 0.1) is 0 Å². The molecule has 2 aromatic rings. The van der Waals surface area contributed by atoms with E-state index in [0.29, 0.717) is 6.61 Å². The predicted octanol–water partition coefficient (Wildman–Crippen LogP) is 3.07. The lowest BCUT2D eigenvalue weighted by atomic mass is 9.73. The lowest BCUT2D eigenvalue weighted by Crippen LogP contribution is -2.41. The molecular formula is C21H26N2O2. The van der Waals surface area contributed by atoms with Gasteiger partial charge in [0.15, 0.2) is 0 Å². The van der Waals surface area contributed by atoms with Gasteiger partial charge in [-0.1, -0.05) is 30.3 Å².